The highest BCUT2D eigenvalue weighted by molar-refractivity contribution is 5.91. The molecule has 0 aliphatic heterocycles. The zero-order valence-electron chi connectivity index (χ0n) is 7.55. The van der Waals surface area contributed by atoms with Gasteiger partial charge in [0.15, 0.2) is 0 Å². The van der Waals surface area contributed by atoms with Gasteiger partial charge in [-0.15, -0.1) is 0 Å². The van der Waals surface area contributed by atoms with E-state index in [9.17, 15) is 9.59 Å². The highest BCUT2D eigenvalue weighted by atomic mass is 16.1. The number of hydrogen-bond donors (Lipinski definition) is 3. The van der Waals surface area contributed by atoms with Crippen molar-refractivity contribution in [2.24, 2.45) is 0 Å². The van der Waals surface area contributed by atoms with Gasteiger partial charge in [0.05, 0.1) is 11.0 Å². The Kier molecular flexibility index (Phi) is 1.85. The molecule has 1 amide bonds. The Bertz CT molecular complexity index is 550. The first-order valence-corrected chi connectivity index (χ1v) is 4.15. The van der Waals surface area contributed by atoms with E-state index in [2.05, 4.69) is 15.3 Å². The van der Waals surface area contributed by atoms with Crippen molar-refractivity contribution in [3.63, 3.8) is 0 Å². The molecule has 0 bridgehead atoms. The molecule has 0 aliphatic rings. The highest BCUT2D eigenvalue weighted by Gasteiger charge is 2.00. The molecule has 5 heteroatoms. The Morgan fingerprint density at radius 2 is 2.07 bits per heavy atom. The van der Waals surface area contributed by atoms with E-state index in [1.165, 1.54) is 6.92 Å². The molecule has 3 N–H and O–H groups in total. The van der Waals surface area contributed by atoms with Gasteiger partial charge in [0.25, 0.3) is 0 Å². The van der Waals surface area contributed by atoms with Gasteiger partial charge in [-0.2, -0.15) is 0 Å². The van der Waals surface area contributed by atoms with Crippen LogP contribution >= 0.6 is 0 Å². The molecule has 0 spiro atoms. The van der Waals surface area contributed by atoms with Gasteiger partial charge in [-0.3, -0.25) is 4.79 Å². The van der Waals surface area contributed by atoms with Crippen LogP contribution in [0.5, 0.6) is 0 Å². The lowest BCUT2D eigenvalue weighted by atomic mass is 10.3. The molecule has 1 aromatic carbocycles. The molecule has 0 radical (unpaired) electrons. The lowest BCUT2D eigenvalue weighted by Gasteiger charge is -2.00. The zero-order valence-corrected chi connectivity index (χ0v) is 7.55. The molecule has 1 heterocycles. The summed E-state index contributed by atoms with van der Waals surface area (Å²) in [4.78, 5) is 26.9. The van der Waals surface area contributed by atoms with E-state index in [1.54, 1.807) is 18.2 Å². The van der Waals surface area contributed by atoms with Gasteiger partial charge in [-0.05, 0) is 18.2 Å². The van der Waals surface area contributed by atoms with Gasteiger partial charge < -0.3 is 15.3 Å². The number of imidazole rings is 1. The maximum absolute atomic E-state index is 10.9. The number of fused-ring (bicyclic) bond motifs is 1. The predicted octanol–water partition coefficient (Wildman–Crippen LogP) is 1.55. The van der Waals surface area contributed by atoms with E-state index in [4.69, 9.17) is 0 Å². The number of hydrogen-bond acceptors (Lipinski definition) is 2. The summed E-state index contributed by atoms with van der Waals surface area (Å²) in [5.41, 5.74) is 1.82. The fraction of sp³-hybridized carbons (Fsp3) is 0.111. The van der Waals surface area contributed by atoms with Gasteiger partial charge in [0, 0.05) is 16.9 Å². The summed E-state index contributed by atoms with van der Waals surface area (Å²) in [5.74, 6) is -0.137. The average Bonchev–Trinajstić information content (AvgIpc) is 2.42. The SMILES string of the molecule is CC(=O)Nc1ccc2[nH]c(=O)[nH]c2c1.[HH].[HH].[HH]. The molecule has 1 aromatic heterocycles. The predicted molar refractivity (Wildman–Crippen MR) is 59.6 cm³/mol. The van der Waals surface area contributed by atoms with Crippen molar-refractivity contribution in [2.75, 3.05) is 5.32 Å². The van der Waals surface area contributed by atoms with Gasteiger partial charge >= 0.3 is 5.69 Å². The second-order valence-electron chi connectivity index (χ2n) is 3.02. The van der Waals surface area contributed by atoms with Crippen LogP contribution in [0.2, 0.25) is 0 Å². The number of amides is 1. The third-order valence-corrected chi connectivity index (χ3v) is 1.84. The number of carbonyl (C=O) groups excluding carboxylic acids is 1. The van der Waals surface area contributed by atoms with Crippen LogP contribution in [0.4, 0.5) is 5.69 Å². The van der Waals surface area contributed by atoms with Gasteiger partial charge in [0.2, 0.25) is 5.91 Å². The summed E-state index contributed by atoms with van der Waals surface area (Å²) >= 11 is 0. The second-order valence-corrected chi connectivity index (χ2v) is 3.02. The number of aromatic nitrogens is 2. The maximum atomic E-state index is 10.9. The quantitative estimate of drug-likeness (QED) is 0.648. The monoisotopic (exact) mass is 197 g/mol. The van der Waals surface area contributed by atoms with Crippen LogP contribution in [0, 0.1) is 0 Å². The van der Waals surface area contributed by atoms with E-state index in [0.29, 0.717) is 11.2 Å². The van der Waals surface area contributed by atoms with Crippen molar-refractivity contribution < 1.29 is 9.07 Å². The topological polar surface area (TPSA) is 77.8 Å². The zero-order chi connectivity index (χ0) is 10.1. The van der Waals surface area contributed by atoms with E-state index in [-0.39, 0.29) is 15.9 Å². The molecular formula is C9H15N3O2. The maximum Gasteiger partial charge on any atom is 0.323 e. The Hall–Kier alpha value is -2.04. The minimum atomic E-state index is -0.250. The van der Waals surface area contributed by atoms with Crippen LogP contribution < -0.4 is 11.0 Å². The lowest BCUT2D eigenvalue weighted by Crippen LogP contribution is -2.05. The van der Waals surface area contributed by atoms with E-state index >= 15 is 0 Å². The summed E-state index contributed by atoms with van der Waals surface area (Å²) in [5, 5.41) is 2.63. The van der Waals surface area contributed by atoms with Crippen LogP contribution in [0.3, 0.4) is 0 Å². The molecule has 0 aliphatic carbocycles. The van der Waals surface area contributed by atoms with Crippen molar-refractivity contribution in [3.8, 4) is 0 Å². The van der Waals surface area contributed by atoms with E-state index in [1.807, 2.05) is 0 Å². The van der Waals surface area contributed by atoms with Crippen LogP contribution in [0.25, 0.3) is 11.0 Å². The van der Waals surface area contributed by atoms with Gasteiger partial charge in [-0.25, -0.2) is 4.79 Å². The molecule has 14 heavy (non-hydrogen) atoms. The summed E-state index contributed by atoms with van der Waals surface area (Å²) in [6.45, 7) is 1.43. The first-order valence-electron chi connectivity index (χ1n) is 4.15. The van der Waals surface area contributed by atoms with Gasteiger partial charge in [-0.1, -0.05) is 0 Å². The largest absolute Gasteiger partial charge is 0.326 e. The van der Waals surface area contributed by atoms with Crippen molar-refractivity contribution in [3.05, 3.63) is 28.7 Å². The summed E-state index contributed by atoms with van der Waals surface area (Å²) in [7, 11) is 0. The van der Waals surface area contributed by atoms with Crippen LogP contribution in [0.1, 0.15) is 11.2 Å². The third-order valence-electron chi connectivity index (χ3n) is 1.84. The van der Waals surface area contributed by atoms with Crippen LogP contribution in [0.15, 0.2) is 23.0 Å². The second kappa shape index (κ2) is 3.02. The van der Waals surface area contributed by atoms with Crippen molar-refractivity contribution in [2.45, 2.75) is 6.92 Å². The molecule has 78 valence electrons. The lowest BCUT2D eigenvalue weighted by molar-refractivity contribution is -0.114. The minimum Gasteiger partial charge on any atom is -0.326 e. The summed E-state index contributed by atoms with van der Waals surface area (Å²) in [6.07, 6.45) is 0. The van der Waals surface area contributed by atoms with Crippen molar-refractivity contribution >= 4 is 22.6 Å². The molecule has 0 unspecified atom stereocenters. The molecule has 2 aromatic rings. The molecule has 0 saturated heterocycles. The number of benzene rings is 1. The minimum absolute atomic E-state index is 0. The number of nitrogens with one attached hydrogen (secondary N) is 3. The third kappa shape index (κ3) is 1.52. The molecular weight excluding hydrogens is 182 g/mol. The first-order chi connectivity index (χ1) is 6.65. The number of aromatic amines is 2. The molecule has 0 fully saturated rings. The average molecular weight is 197 g/mol. The van der Waals surface area contributed by atoms with Crippen LogP contribution in [-0.2, 0) is 4.79 Å². The number of rotatable bonds is 1. The van der Waals surface area contributed by atoms with Crippen molar-refractivity contribution in [1.82, 2.24) is 9.97 Å². The molecule has 2 rings (SSSR count). The smallest absolute Gasteiger partial charge is 0.323 e. The molecule has 0 atom stereocenters. The Balaban J connectivity index is 0. The van der Waals surface area contributed by atoms with E-state index < -0.39 is 0 Å². The number of carbonyl (C=O) groups is 1. The number of H-pyrrole nitrogens is 2. The molecule has 0 saturated carbocycles. The van der Waals surface area contributed by atoms with Gasteiger partial charge in [0.1, 0.15) is 0 Å². The first kappa shape index (κ1) is 8.55. The fourth-order valence-electron chi connectivity index (χ4n) is 1.31. The Morgan fingerprint density at radius 1 is 1.36 bits per heavy atom. The van der Waals surface area contributed by atoms with Crippen molar-refractivity contribution in [1.29, 1.82) is 0 Å². The van der Waals surface area contributed by atoms with Crippen LogP contribution in [-0.4, -0.2) is 15.9 Å². The number of anilines is 1. The Labute approximate surface area is 83.6 Å². The van der Waals surface area contributed by atoms with E-state index in [0.717, 1.165) is 5.52 Å². The summed E-state index contributed by atoms with van der Waals surface area (Å²) < 4.78 is 0. The Morgan fingerprint density at radius 3 is 2.79 bits per heavy atom. The highest BCUT2D eigenvalue weighted by Crippen LogP contribution is 2.13. The molecule has 5 nitrogen and oxygen atoms in total. The normalized spacial score (nSPS) is 10.4. The standard InChI is InChI=1S/C9H9N3O2.3H2/c1-5(13)10-6-2-3-7-8(4-6)12-9(14)11-7;;;/h2-4H,1H3,(H,10,13)(H2,11,12,14);3*1H. The summed E-state index contributed by atoms with van der Waals surface area (Å²) in [6, 6.07) is 5.17. The fourth-order valence-corrected chi connectivity index (χ4v) is 1.31.